The number of rotatable bonds is 9. The van der Waals surface area contributed by atoms with E-state index in [4.69, 9.17) is 9.47 Å². The first-order chi connectivity index (χ1) is 15.4. The molecule has 1 heterocycles. The number of methoxy groups -OCH3 is 2. The van der Waals surface area contributed by atoms with Gasteiger partial charge in [-0.05, 0) is 49.6 Å². The van der Waals surface area contributed by atoms with Crippen molar-refractivity contribution >= 4 is 16.8 Å². The van der Waals surface area contributed by atoms with Crippen molar-refractivity contribution in [3.05, 3.63) is 58.4 Å². The Morgan fingerprint density at radius 3 is 2.31 bits per heavy atom. The topological polar surface area (TPSA) is 60.8 Å². The van der Waals surface area contributed by atoms with Gasteiger partial charge in [0.15, 0.2) is 5.43 Å². The third-order valence-corrected chi connectivity index (χ3v) is 5.58. The molecule has 170 valence electrons. The van der Waals surface area contributed by atoms with Crippen molar-refractivity contribution in [1.29, 1.82) is 0 Å². The van der Waals surface area contributed by atoms with Crippen LogP contribution < -0.4 is 14.9 Å². The number of aryl methyl sites for hydroxylation is 1. The summed E-state index contributed by atoms with van der Waals surface area (Å²) in [7, 11) is 3.15. The minimum atomic E-state index is -0.0915. The molecule has 0 aliphatic rings. The highest BCUT2D eigenvalue weighted by Gasteiger charge is 2.18. The van der Waals surface area contributed by atoms with E-state index < -0.39 is 0 Å². The number of carbonyl (C=O) groups excluding carboxylic acids is 1. The van der Waals surface area contributed by atoms with Gasteiger partial charge in [-0.2, -0.15) is 0 Å². The molecule has 1 aromatic heterocycles. The summed E-state index contributed by atoms with van der Waals surface area (Å²) in [6, 6.07) is 11.1. The Kier molecular flexibility index (Phi) is 7.57. The third-order valence-electron chi connectivity index (χ3n) is 5.58. The van der Waals surface area contributed by atoms with Crippen molar-refractivity contribution in [2.24, 2.45) is 0 Å². The number of carbonyl (C=O) groups is 1. The molecule has 0 aliphatic carbocycles. The SMILES string of the molecule is CCCN(CCC)C(=O)Cn1cc(-c2ccc(OC)cc2OC)c(=O)c2ccc(C)cc21. The van der Waals surface area contributed by atoms with E-state index in [1.807, 2.05) is 40.7 Å². The molecule has 0 N–H and O–H groups in total. The van der Waals surface area contributed by atoms with Gasteiger partial charge in [0, 0.05) is 41.9 Å². The Labute approximate surface area is 189 Å². The molecule has 6 heteroatoms. The Morgan fingerprint density at radius 2 is 1.69 bits per heavy atom. The fourth-order valence-electron chi connectivity index (χ4n) is 3.99. The van der Waals surface area contributed by atoms with Gasteiger partial charge in [-0.15, -0.1) is 0 Å². The maximum absolute atomic E-state index is 13.4. The lowest BCUT2D eigenvalue weighted by atomic mass is 10.0. The van der Waals surface area contributed by atoms with Crippen molar-refractivity contribution in [3.8, 4) is 22.6 Å². The van der Waals surface area contributed by atoms with E-state index in [1.165, 1.54) is 0 Å². The van der Waals surface area contributed by atoms with Crippen LogP contribution in [0.5, 0.6) is 11.5 Å². The Bertz CT molecular complexity index is 1160. The molecule has 32 heavy (non-hydrogen) atoms. The average Bonchev–Trinajstić information content (AvgIpc) is 2.80. The zero-order chi connectivity index (χ0) is 23.3. The summed E-state index contributed by atoms with van der Waals surface area (Å²) >= 11 is 0. The van der Waals surface area contributed by atoms with Gasteiger partial charge in [0.1, 0.15) is 18.0 Å². The first-order valence-electron chi connectivity index (χ1n) is 11.1. The lowest BCUT2D eigenvalue weighted by Gasteiger charge is -2.23. The Balaban J connectivity index is 2.19. The van der Waals surface area contributed by atoms with Gasteiger partial charge in [0.25, 0.3) is 0 Å². The van der Waals surface area contributed by atoms with Crippen LogP contribution >= 0.6 is 0 Å². The van der Waals surface area contributed by atoms with Gasteiger partial charge in [0.05, 0.1) is 19.7 Å². The fraction of sp³-hybridized carbons (Fsp3) is 0.385. The van der Waals surface area contributed by atoms with Crippen LogP contribution in [0.3, 0.4) is 0 Å². The second-order valence-corrected chi connectivity index (χ2v) is 7.97. The van der Waals surface area contributed by atoms with Crippen LogP contribution in [-0.2, 0) is 11.3 Å². The highest BCUT2D eigenvalue weighted by molar-refractivity contribution is 5.87. The molecular formula is C26H32N2O4. The lowest BCUT2D eigenvalue weighted by Crippen LogP contribution is -2.35. The van der Waals surface area contributed by atoms with Gasteiger partial charge >= 0.3 is 0 Å². The van der Waals surface area contributed by atoms with E-state index in [1.54, 1.807) is 32.5 Å². The number of nitrogens with zero attached hydrogens (tertiary/aromatic N) is 2. The highest BCUT2D eigenvalue weighted by Crippen LogP contribution is 2.32. The Morgan fingerprint density at radius 1 is 0.969 bits per heavy atom. The van der Waals surface area contributed by atoms with Crippen LogP contribution in [0.1, 0.15) is 32.3 Å². The van der Waals surface area contributed by atoms with Crippen molar-refractivity contribution < 1.29 is 14.3 Å². The lowest BCUT2D eigenvalue weighted by molar-refractivity contribution is -0.131. The van der Waals surface area contributed by atoms with Gasteiger partial charge in [-0.3, -0.25) is 9.59 Å². The quantitative estimate of drug-likeness (QED) is 0.490. The maximum Gasteiger partial charge on any atom is 0.242 e. The van der Waals surface area contributed by atoms with Crippen LogP contribution in [0.15, 0.2) is 47.4 Å². The minimum absolute atomic E-state index is 0.0489. The summed E-state index contributed by atoms with van der Waals surface area (Å²) in [6.45, 7) is 7.75. The molecule has 0 unspecified atom stereocenters. The number of benzene rings is 2. The number of hydrogen-bond acceptors (Lipinski definition) is 4. The van der Waals surface area contributed by atoms with Gasteiger partial charge < -0.3 is 18.9 Å². The standard InChI is InChI=1S/C26H32N2O4/c1-6-12-27(13-7-2)25(29)17-28-16-22(20-11-9-19(31-4)15-24(20)32-5)26(30)21-10-8-18(3)14-23(21)28/h8-11,14-16H,6-7,12-13,17H2,1-5H3. The molecule has 6 nitrogen and oxygen atoms in total. The summed E-state index contributed by atoms with van der Waals surface area (Å²) < 4.78 is 12.7. The molecule has 2 aromatic carbocycles. The molecule has 0 radical (unpaired) electrons. The summed E-state index contributed by atoms with van der Waals surface area (Å²) in [6.07, 6.45) is 3.59. The van der Waals surface area contributed by atoms with Crippen molar-refractivity contribution in [2.45, 2.75) is 40.2 Å². The Hall–Kier alpha value is -3.28. The van der Waals surface area contributed by atoms with Crippen LogP contribution in [0.25, 0.3) is 22.0 Å². The second kappa shape index (κ2) is 10.4. The second-order valence-electron chi connectivity index (χ2n) is 7.97. The molecule has 3 rings (SSSR count). The number of fused-ring (bicyclic) bond motifs is 1. The highest BCUT2D eigenvalue weighted by atomic mass is 16.5. The van der Waals surface area contributed by atoms with Crippen LogP contribution in [-0.4, -0.2) is 42.7 Å². The molecule has 0 spiro atoms. The molecule has 0 saturated heterocycles. The zero-order valence-electron chi connectivity index (χ0n) is 19.6. The van der Waals surface area contributed by atoms with E-state index in [2.05, 4.69) is 13.8 Å². The monoisotopic (exact) mass is 436 g/mol. The van der Waals surface area contributed by atoms with Gasteiger partial charge in [-0.25, -0.2) is 0 Å². The van der Waals surface area contributed by atoms with E-state index in [-0.39, 0.29) is 17.9 Å². The third kappa shape index (κ3) is 4.79. The smallest absolute Gasteiger partial charge is 0.242 e. The van der Waals surface area contributed by atoms with Crippen LogP contribution in [0.2, 0.25) is 0 Å². The normalized spacial score (nSPS) is 10.9. The first kappa shape index (κ1) is 23.4. The van der Waals surface area contributed by atoms with Crippen LogP contribution in [0, 0.1) is 6.92 Å². The van der Waals surface area contributed by atoms with E-state index in [0.29, 0.717) is 28.0 Å². The number of aromatic nitrogens is 1. The van der Waals surface area contributed by atoms with Crippen molar-refractivity contribution in [2.75, 3.05) is 27.3 Å². The average molecular weight is 437 g/mol. The number of pyridine rings is 1. The molecule has 0 atom stereocenters. The predicted octanol–water partition coefficient (Wildman–Crippen LogP) is 4.64. The number of ether oxygens (including phenoxy) is 2. The van der Waals surface area contributed by atoms with Crippen LogP contribution in [0.4, 0.5) is 0 Å². The summed E-state index contributed by atoms with van der Waals surface area (Å²) in [4.78, 5) is 28.5. The summed E-state index contributed by atoms with van der Waals surface area (Å²) in [5, 5.41) is 0.580. The first-order valence-corrected chi connectivity index (χ1v) is 11.1. The van der Waals surface area contributed by atoms with E-state index in [0.717, 1.165) is 37.0 Å². The minimum Gasteiger partial charge on any atom is -0.497 e. The molecule has 0 bridgehead atoms. The molecule has 0 fully saturated rings. The zero-order valence-corrected chi connectivity index (χ0v) is 19.6. The van der Waals surface area contributed by atoms with E-state index >= 15 is 0 Å². The molecule has 3 aromatic rings. The number of hydrogen-bond donors (Lipinski definition) is 0. The predicted molar refractivity (Wildman–Crippen MR) is 129 cm³/mol. The summed E-state index contributed by atoms with van der Waals surface area (Å²) in [5.74, 6) is 1.24. The summed E-state index contributed by atoms with van der Waals surface area (Å²) in [5.41, 5.74) is 2.86. The van der Waals surface area contributed by atoms with Crippen molar-refractivity contribution in [3.63, 3.8) is 0 Å². The van der Waals surface area contributed by atoms with Gasteiger partial charge in [-0.1, -0.05) is 19.9 Å². The molecule has 1 amide bonds. The maximum atomic E-state index is 13.4. The molecule has 0 saturated carbocycles. The number of amides is 1. The van der Waals surface area contributed by atoms with Gasteiger partial charge in [0.2, 0.25) is 5.91 Å². The fourth-order valence-corrected chi connectivity index (χ4v) is 3.99. The molecule has 0 aliphatic heterocycles. The largest absolute Gasteiger partial charge is 0.497 e. The van der Waals surface area contributed by atoms with Crippen molar-refractivity contribution in [1.82, 2.24) is 9.47 Å². The van der Waals surface area contributed by atoms with E-state index in [9.17, 15) is 9.59 Å². The molecular weight excluding hydrogens is 404 g/mol.